The molecular weight excluding hydrogens is 295 g/mol. The number of nitriles is 1. The molecule has 0 amide bonds. The molecule has 24 heavy (non-hydrogen) atoms. The molecule has 3 nitrogen and oxygen atoms in total. The molecule has 0 saturated carbocycles. The van der Waals surface area contributed by atoms with Crippen LogP contribution in [0.1, 0.15) is 23.0 Å². The molecule has 0 saturated heterocycles. The number of ketones is 1. The van der Waals surface area contributed by atoms with E-state index in [1.54, 1.807) is 12.1 Å². The van der Waals surface area contributed by atoms with Crippen LogP contribution in [-0.4, -0.2) is 18.6 Å². The van der Waals surface area contributed by atoms with Crippen molar-refractivity contribution in [2.75, 3.05) is 0 Å². The van der Waals surface area contributed by atoms with E-state index in [1.807, 2.05) is 48.5 Å². The number of benzene rings is 2. The van der Waals surface area contributed by atoms with Gasteiger partial charge in [0.05, 0.1) is 11.3 Å². The van der Waals surface area contributed by atoms with Crippen LogP contribution < -0.4 is 5.46 Å². The third-order valence-electron chi connectivity index (χ3n) is 3.76. The topological polar surface area (TPSA) is 53.8 Å². The van der Waals surface area contributed by atoms with Gasteiger partial charge in [-0.2, -0.15) is 5.26 Å². The van der Waals surface area contributed by atoms with Crippen LogP contribution in [0.4, 0.5) is 0 Å². The number of pyridine rings is 1. The van der Waals surface area contributed by atoms with E-state index in [4.69, 9.17) is 7.85 Å². The lowest BCUT2D eigenvalue weighted by Gasteiger charge is -2.11. The van der Waals surface area contributed by atoms with E-state index in [2.05, 4.69) is 11.1 Å². The van der Waals surface area contributed by atoms with Crippen LogP contribution >= 0.6 is 0 Å². The number of rotatable bonds is 3. The quantitative estimate of drug-likeness (QED) is 0.551. The molecule has 1 heterocycles. The zero-order valence-electron chi connectivity index (χ0n) is 13.2. The molecule has 0 spiro atoms. The van der Waals surface area contributed by atoms with Crippen LogP contribution in [-0.2, 0) is 0 Å². The summed E-state index contributed by atoms with van der Waals surface area (Å²) in [5.74, 6) is -0.235. The number of carbonyl (C=O) groups excluding carboxylic acids is 1. The smallest absolute Gasteiger partial charge is 0.179 e. The van der Waals surface area contributed by atoms with E-state index in [0.29, 0.717) is 22.3 Å². The van der Waals surface area contributed by atoms with E-state index in [0.717, 1.165) is 11.1 Å². The molecule has 0 fully saturated rings. The number of aromatic nitrogens is 1. The van der Waals surface area contributed by atoms with E-state index >= 15 is 0 Å². The summed E-state index contributed by atoms with van der Waals surface area (Å²) in [6, 6.07) is 20.7. The summed E-state index contributed by atoms with van der Waals surface area (Å²) < 4.78 is 0. The van der Waals surface area contributed by atoms with Gasteiger partial charge in [-0.3, -0.25) is 4.79 Å². The van der Waals surface area contributed by atoms with Gasteiger partial charge in [0.2, 0.25) is 0 Å². The second kappa shape index (κ2) is 6.51. The van der Waals surface area contributed by atoms with Crippen molar-refractivity contribution in [2.24, 2.45) is 0 Å². The first-order chi connectivity index (χ1) is 11.6. The van der Waals surface area contributed by atoms with Crippen molar-refractivity contribution >= 4 is 19.1 Å². The molecule has 0 N–H and O–H groups in total. The standard InChI is InChI=1S/C20H13BN2O/c1-13(24)20-18(12-22)17(14-5-3-2-4-6-14)11-19(23-20)15-7-9-16(21)10-8-15/h2-11H,1H3. The number of nitrogens with zero attached hydrogens (tertiary/aromatic N) is 2. The third kappa shape index (κ3) is 2.97. The predicted molar refractivity (Wildman–Crippen MR) is 95.2 cm³/mol. The molecule has 3 rings (SSSR count). The number of Topliss-reactive ketones (excluding diaryl/α,β-unsaturated/α-hetero) is 1. The van der Waals surface area contributed by atoms with E-state index in [-0.39, 0.29) is 11.5 Å². The highest BCUT2D eigenvalue weighted by Crippen LogP contribution is 2.30. The second-order valence-corrected chi connectivity index (χ2v) is 5.43. The Morgan fingerprint density at radius 3 is 2.29 bits per heavy atom. The summed E-state index contributed by atoms with van der Waals surface area (Å²) in [6.07, 6.45) is 0. The second-order valence-electron chi connectivity index (χ2n) is 5.43. The Kier molecular flexibility index (Phi) is 4.26. The summed E-state index contributed by atoms with van der Waals surface area (Å²) in [5.41, 5.74) is 4.19. The molecule has 0 aliphatic rings. The monoisotopic (exact) mass is 308 g/mol. The van der Waals surface area contributed by atoms with Crippen molar-refractivity contribution in [2.45, 2.75) is 6.92 Å². The Hall–Kier alpha value is -3.19. The van der Waals surface area contributed by atoms with Gasteiger partial charge in [-0.1, -0.05) is 60.1 Å². The molecular formula is C20H13BN2O. The van der Waals surface area contributed by atoms with Gasteiger partial charge in [0, 0.05) is 18.1 Å². The Labute approximate surface area is 142 Å². The van der Waals surface area contributed by atoms with E-state index in [9.17, 15) is 10.1 Å². The fourth-order valence-corrected chi connectivity index (χ4v) is 2.56. The lowest BCUT2D eigenvalue weighted by molar-refractivity contribution is 0.101. The molecule has 2 radical (unpaired) electrons. The Balaban J connectivity index is 2.29. The van der Waals surface area contributed by atoms with Gasteiger partial charge < -0.3 is 0 Å². The van der Waals surface area contributed by atoms with Crippen LogP contribution in [0.3, 0.4) is 0 Å². The SMILES string of the molecule is [B]c1ccc(-c2cc(-c3ccccc3)c(C#N)c(C(C)=O)n2)cc1. The Morgan fingerprint density at radius 2 is 1.71 bits per heavy atom. The maximum atomic E-state index is 12.0. The highest BCUT2D eigenvalue weighted by molar-refractivity contribution is 6.32. The number of hydrogen-bond acceptors (Lipinski definition) is 3. The van der Waals surface area contributed by atoms with Gasteiger partial charge in [-0.05, 0) is 11.6 Å². The molecule has 1 aromatic heterocycles. The molecule has 0 atom stereocenters. The van der Waals surface area contributed by atoms with Crippen molar-refractivity contribution in [3.63, 3.8) is 0 Å². The highest BCUT2D eigenvalue weighted by Gasteiger charge is 2.17. The molecule has 0 bridgehead atoms. The molecule has 0 aliphatic carbocycles. The molecule has 4 heteroatoms. The number of hydrogen-bond donors (Lipinski definition) is 0. The summed E-state index contributed by atoms with van der Waals surface area (Å²) in [5, 5.41) is 9.55. The largest absolute Gasteiger partial charge is 0.293 e. The zero-order chi connectivity index (χ0) is 17.1. The lowest BCUT2D eigenvalue weighted by Crippen LogP contribution is -2.05. The minimum atomic E-state index is -0.235. The minimum absolute atomic E-state index is 0.186. The summed E-state index contributed by atoms with van der Waals surface area (Å²) in [6.45, 7) is 1.42. The summed E-state index contributed by atoms with van der Waals surface area (Å²) >= 11 is 0. The van der Waals surface area contributed by atoms with E-state index < -0.39 is 0 Å². The molecule has 3 aromatic rings. The molecule has 0 unspecified atom stereocenters. The first-order valence-corrected chi connectivity index (χ1v) is 7.47. The fourth-order valence-electron chi connectivity index (χ4n) is 2.56. The van der Waals surface area contributed by atoms with Crippen LogP contribution in [0.5, 0.6) is 0 Å². The maximum absolute atomic E-state index is 12.0. The van der Waals surface area contributed by atoms with Crippen LogP contribution in [0.15, 0.2) is 60.7 Å². The van der Waals surface area contributed by atoms with Crippen molar-refractivity contribution in [1.29, 1.82) is 5.26 Å². The third-order valence-corrected chi connectivity index (χ3v) is 3.76. The van der Waals surface area contributed by atoms with E-state index in [1.165, 1.54) is 6.92 Å². The first-order valence-electron chi connectivity index (χ1n) is 7.47. The fraction of sp³-hybridized carbons (Fsp3) is 0.0500. The average Bonchev–Trinajstić information content (AvgIpc) is 2.62. The minimum Gasteiger partial charge on any atom is -0.293 e. The van der Waals surface area contributed by atoms with Crippen molar-refractivity contribution in [3.05, 3.63) is 71.9 Å². The summed E-state index contributed by atoms with van der Waals surface area (Å²) in [7, 11) is 5.73. The maximum Gasteiger partial charge on any atom is 0.179 e. The zero-order valence-corrected chi connectivity index (χ0v) is 13.2. The first kappa shape index (κ1) is 15.7. The molecule has 2 aromatic carbocycles. The van der Waals surface area contributed by atoms with Crippen LogP contribution in [0.25, 0.3) is 22.4 Å². The van der Waals surface area contributed by atoms with Crippen LogP contribution in [0.2, 0.25) is 0 Å². The van der Waals surface area contributed by atoms with Gasteiger partial charge in [0.1, 0.15) is 19.6 Å². The van der Waals surface area contributed by atoms with Crippen LogP contribution in [0, 0.1) is 11.3 Å². The highest BCUT2D eigenvalue weighted by atomic mass is 16.1. The normalized spacial score (nSPS) is 10.2. The molecule has 112 valence electrons. The van der Waals surface area contributed by atoms with Gasteiger partial charge in [-0.15, -0.1) is 0 Å². The summed E-state index contributed by atoms with van der Waals surface area (Å²) in [4.78, 5) is 16.4. The number of carbonyl (C=O) groups is 1. The van der Waals surface area contributed by atoms with Gasteiger partial charge in [0.15, 0.2) is 5.78 Å². The predicted octanol–water partition coefficient (Wildman–Crippen LogP) is 3.28. The van der Waals surface area contributed by atoms with Crippen molar-refractivity contribution in [1.82, 2.24) is 4.98 Å². The van der Waals surface area contributed by atoms with Gasteiger partial charge in [-0.25, -0.2) is 4.98 Å². The lowest BCUT2D eigenvalue weighted by atomic mass is 9.93. The van der Waals surface area contributed by atoms with Crippen molar-refractivity contribution < 1.29 is 4.79 Å². The molecule has 0 aliphatic heterocycles. The van der Waals surface area contributed by atoms with Gasteiger partial charge in [0.25, 0.3) is 0 Å². The Morgan fingerprint density at radius 1 is 1.04 bits per heavy atom. The van der Waals surface area contributed by atoms with Gasteiger partial charge >= 0.3 is 0 Å². The van der Waals surface area contributed by atoms with Crippen molar-refractivity contribution in [3.8, 4) is 28.5 Å². The average molecular weight is 308 g/mol. The Bertz CT molecular complexity index is 942.